The molecule has 0 saturated heterocycles. The Kier molecular flexibility index (Phi) is 4.01. The molecule has 0 bridgehead atoms. The summed E-state index contributed by atoms with van der Waals surface area (Å²) in [5.74, 6) is 0.843. The van der Waals surface area contributed by atoms with Crippen LogP contribution in [0.2, 0.25) is 0 Å². The zero-order chi connectivity index (χ0) is 15.4. The van der Waals surface area contributed by atoms with E-state index in [0.29, 0.717) is 12.1 Å². The van der Waals surface area contributed by atoms with Crippen molar-refractivity contribution in [2.45, 2.75) is 6.54 Å². The summed E-state index contributed by atoms with van der Waals surface area (Å²) >= 11 is 0. The first-order valence-corrected chi connectivity index (χ1v) is 6.99. The first kappa shape index (κ1) is 14.1. The van der Waals surface area contributed by atoms with Gasteiger partial charge in [0.15, 0.2) is 0 Å². The molecule has 1 heterocycles. The minimum atomic E-state index is 0.667. The van der Waals surface area contributed by atoms with E-state index in [1.165, 1.54) is 0 Å². The molecule has 0 N–H and O–H groups in total. The van der Waals surface area contributed by atoms with Gasteiger partial charge in [0.25, 0.3) is 0 Å². The van der Waals surface area contributed by atoms with Crippen LogP contribution in [-0.2, 0) is 6.54 Å². The molecule has 3 aromatic rings. The lowest BCUT2D eigenvalue weighted by atomic mass is 10.1. The number of aromatic nitrogens is 2. The van der Waals surface area contributed by atoms with E-state index in [1.54, 1.807) is 13.2 Å². The van der Waals surface area contributed by atoms with Crippen LogP contribution in [0, 0.1) is 0 Å². The second-order valence-corrected chi connectivity index (χ2v) is 5.02. The highest BCUT2D eigenvalue weighted by molar-refractivity contribution is 5.78. The third kappa shape index (κ3) is 3.06. The van der Waals surface area contributed by atoms with E-state index in [-0.39, 0.29) is 0 Å². The Balaban J connectivity index is 1.79. The number of methoxy groups -OCH3 is 1. The lowest BCUT2D eigenvalue weighted by Crippen LogP contribution is -1.99. The van der Waals surface area contributed by atoms with Gasteiger partial charge in [0.05, 0.1) is 19.9 Å². The third-order valence-corrected chi connectivity index (χ3v) is 3.49. The zero-order valence-electron chi connectivity index (χ0n) is 12.3. The molecule has 1 aromatic heterocycles. The maximum atomic E-state index is 10.9. The van der Waals surface area contributed by atoms with Crippen LogP contribution in [0.15, 0.2) is 60.9 Å². The summed E-state index contributed by atoms with van der Waals surface area (Å²) in [5, 5.41) is 4.38. The molecule has 0 radical (unpaired) electrons. The Hall–Kier alpha value is -2.88. The maximum Gasteiger partial charge on any atom is 0.150 e. The van der Waals surface area contributed by atoms with E-state index in [1.807, 2.05) is 59.5 Å². The first-order chi connectivity index (χ1) is 10.8. The van der Waals surface area contributed by atoms with Crippen molar-refractivity contribution in [1.82, 2.24) is 9.78 Å². The number of carbonyl (C=O) groups is 1. The van der Waals surface area contributed by atoms with Gasteiger partial charge in [-0.3, -0.25) is 9.48 Å². The lowest BCUT2D eigenvalue weighted by Gasteiger charge is -2.04. The molecule has 4 nitrogen and oxygen atoms in total. The summed E-state index contributed by atoms with van der Waals surface area (Å²) < 4.78 is 7.03. The van der Waals surface area contributed by atoms with Crippen molar-refractivity contribution in [2.75, 3.05) is 7.11 Å². The van der Waals surface area contributed by atoms with Crippen LogP contribution < -0.4 is 4.74 Å². The number of nitrogens with zero attached hydrogens (tertiary/aromatic N) is 2. The van der Waals surface area contributed by atoms with Crippen molar-refractivity contribution in [1.29, 1.82) is 0 Å². The summed E-state index contributed by atoms with van der Waals surface area (Å²) in [6.07, 6.45) is 4.65. The van der Waals surface area contributed by atoms with Gasteiger partial charge in [-0.25, -0.2) is 0 Å². The van der Waals surface area contributed by atoms with Gasteiger partial charge in [-0.1, -0.05) is 30.3 Å². The monoisotopic (exact) mass is 292 g/mol. The number of hydrogen-bond acceptors (Lipinski definition) is 3. The first-order valence-electron chi connectivity index (χ1n) is 6.99. The average molecular weight is 292 g/mol. The van der Waals surface area contributed by atoms with Crippen molar-refractivity contribution in [3.63, 3.8) is 0 Å². The highest BCUT2D eigenvalue weighted by Crippen LogP contribution is 2.20. The Bertz CT molecular complexity index is 776. The summed E-state index contributed by atoms with van der Waals surface area (Å²) in [6.45, 7) is 0.692. The predicted octanol–water partition coefficient (Wildman–Crippen LogP) is 3.42. The molecule has 0 aliphatic carbocycles. The van der Waals surface area contributed by atoms with Crippen molar-refractivity contribution in [3.05, 3.63) is 72.1 Å². The minimum Gasteiger partial charge on any atom is -0.497 e. The molecule has 0 aliphatic rings. The number of benzene rings is 2. The van der Waals surface area contributed by atoms with Crippen LogP contribution >= 0.6 is 0 Å². The molecule has 0 amide bonds. The van der Waals surface area contributed by atoms with Gasteiger partial charge in [-0.2, -0.15) is 5.10 Å². The Morgan fingerprint density at radius 1 is 1.14 bits per heavy atom. The van der Waals surface area contributed by atoms with Gasteiger partial charge in [-0.15, -0.1) is 0 Å². The van der Waals surface area contributed by atoms with Crippen molar-refractivity contribution in [2.24, 2.45) is 0 Å². The molecular weight excluding hydrogens is 276 g/mol. The molecule has 0 aliphatic heterocycles. The van der Waals surface area contributed by atoms with Crippen LogP contribution in [0.1, 0.15) is 15.9 Å². The molecule has 0 atom stereocenters. The number of hydrogen-bond donors (Lipinski definition) is 0. The van der Waals surface area contributed by atoms with Gasteiger partial charge in [0.1, 0.15) is 12.0 Å². The summed E-state index contributed by atoms with van der Waals surface area (Å²) in [5.41, 5.74) is 3.81. The lowest BCUT2D eigenvalue weighted by molar-refractivity contribution is 0.112. The van der Waals surface area contributed by atoms with E-state index in [0.717, 1.165) is 28.7 Å². The van der Waals surface area contributed by atoms with Gasteiger partial charge >= 0.3 is 0 Å². The van der Waals surface area contributed by atoms with Crippen LogP contribution in [0.5, 0.6) is 5.75 Å². The van der Waals surface area contributed by atoms with Gasteiger partial charge in [-0.05, 0) is 29.3 Å². The summed E-state index contributed by atoms with van der Waals surface area (Å²) in [6, 6.07) is 15.4. The summed E-state index contributed by atoms with van der Waals surface area (Å²) in [4.78, 5) is 10.9. The zero-order valence-corrected chi connectivity index (χ0v) is 12.3. The Labute approximate surface area is 129 Å². The second-order valence-electron chi connectivity index (χ2n) is 5.02. The molecule has 0 spiro atoms. The van der Waals surface area contributed by atoms with Gasteiger partial charge in [0.2, 0.25) is 0 Å². The highest BCUT2D eigenvalue weighted by atomic mass is 16.5. The quantitative estimate of drug-likeness (QED) is 0.677. The fourth-order valence-corrected chi connectivity index (χ4v) is 2.31. The van der Waals surface area contributed by atoms with Crippen LogP contribution in [-0.4, -0.2) is 23.2 Å². The number of ether oxygens (including phenoxy) is 1. The Morgan fingerprint density at radius 2 is 1.95 bits per heavy atom. The average Bonchev–Trinajstić information content (AvgIpc) is 3.04. The van der Waals surface area contributed by atoms with Gasteiger partial charge < -0.3 is 4.74 Å². The molecular formula is C18H16N2O2. The molecule has 2 aromatic carbocycles. The van der Waals surface area contributed by atoms with E-state index in [2.05, 4.69) is 5.10 Å². The normalized spacial score (nSPS) is 10.4. The van der Waals surface area contributed by atoms with Crippen LogP contribution in [0.25, 0.3) is 11.1 Å². The van der Waals surface area contributed by atoms with Crippen molar-refractivity contribution < 1.29 is 9.53 Å². The maximum absolute atomic E-state index is 10.9. The van der Waals surface area contributed by atoms with Crippen molar-refractivity contribution in [3.8, 4) is 16.9 Å². The number of aldehydes is 1. The number of rotatable bonds is 5. The summed E-state index contributed by atoms with van der Waals surface area (Å²) in [7, 11) is 1.65. The molecule has 3 rings (SSSR count). The molecule has 0 fully saturated rings. The molecule has 22 heavy (non-hydrogen) atoms. The smallest absolute Gasteiger partial charge is 0.150 e. The fourth-order valence-electron chi connectivity index (χ4n) is 2.31. The van der Waals surface area contributed by atoms with E-state index >= 15 is 0 Å². The minimum absolute atomic E-state index is 0.667. The van der Waals surface area contributed by atoms with E-state index in [9.17, 15) is 4.79 Å². The largest absolute Gasteiger partial charge is 0.497 e. The third-order valence-electron chi connectivity index (χ3n) is 3.49. The van der Waals surface area contributed by atoms with E-state index < -0.39 is 0 Å². The standard InChI is InChI=1S/C18H16N2O2/c1-22-18-7-5-14(6-8-18)11-20-12-17(10-19-20)16-4-2-3-15(9-16)13-21/h2-10,12-13H,11H2,1H3. The second kappa shape index (κ2) is 6.26. The van der Waals surface area contributed by atoms with Crippen molar-refractivity contribution >= 4 is 6.29 Å². The fraction of sp³-hybridized carbons (Fsp3) is 0.111. The van der Waals surface area contributed by atoms with Crippen LogP contribution in [0.3, 0.4) is 0 Å². The predicted molar refractivity (Wildman–Crippen MR) is 85.1 cm³/mol. The molecule has 0 saturated carbocycles. The Morgan fingerprint density at radius 3 is 2.68 bits per heavy atom. The van der Waals surface area contributed by atoms with Gasteiger partial charge in [0, 0.05) is 17.3 Å². The van der Waals surface area contributed by atoms with E-state index in [4.69, 9.17) is 4.74 Å². The topological polar surface area (TPSA) is 44.1 Å². The molecule has 110 valence electrons. The molecule has 4 heteroatoms. The van der Waals surface area contributed by atoms with Crippen LogP contribution in [0.4, 0.5) is 0 Å². The molecule has 0 unspecified atom stereocenters. The number of carbonyl (C=O) groups excluding carboxylic acids is 1. The highest BCUT2D eigenvalue weighted by Gasteiger charge is 2.04. The SMILES string of the molecule is COc1ccc(Cn2cc(-c3cccc(C=O)c3)cn2)cc1.